The maximum atomic E-state index is 11.8. The first-order valence-corrected chi connectivity index (χ1v) is 12.7. The van der Waals surface area contributed by atoms with Crippen molar-refractivity contribution < 1.29 is 32.6 Å². The first-order chi connectivity index (χ1) is 10.6. The van der Waals surface area contributed by atoms with Gasteiger partial charge in [-0.25, -0.2) is 4.79 Å². The van der Waals surface area contributed by atoms with Gasteiger partial charge < -0.3 is 13.6 Å². The molecule has 0 aliphatic rings. The molecule has 0 amide bonds. The summed E-state index contributed by atoms with van der Waals surface area (Å²) in [5.74, 6) is -1.46. The van der Waals surface area contributed by atoms with Crippen LogP contribution in [0, 0.1) is 0 Å². The molecule has 0 rings (SSSR count). The van der Waals surface area contributed by atoms with E-state index in [1.165, 1.54) is 20.3 Å². The molecular formula is C14H26O7Si2. The molecular weight excluding hydrogens is 336 g/mol. The van der Waals surface area contributed by atoms with Crippen LogP contribution in [0.15, 0.2) is 24.8 Å². The number of ether oxygens (including phenoxy) is 1. The third kappa shape index (κ3) is 8.81. The summed E-state index contributed by atoms with van der Waals surface area (Å²) < 4.78 is 20.7. The minimum absolute atomic E-state index is 0.0667. The molecule has 0 radical (unpaired) electrons. The minimum atomic E-state index is -3.10. The molecule has 0 aromatic heterocycles. The summed E-state index contributed by atoms with van der Waals surface area (Å²) in [6.45, 7) is 13.3. The van der Waals surface area contributed by atoms with E-state index >= 15 is 0 Å². The van der Waals surface area contributed by atoms with Gasteiger partial charge in [-0.1, -0.05) is 38.9 Å². The van der Waals surface area contributed by atoms with Gasteiger partial charge in [0, 0.05) is 33.5 Å². The van der Waals surface area contributed by atoms with Crippen LogP contribution in [0.4, 0.5) is 0 Å². The van der Waals surface area contributed by atoms with E-state index in [0.717, 1.165) is 0 Å². The molecule has 0 N–H and O–H groups in total. The second-order valence-corrected chi connectivity index (χ2v) is 14.9. The Morgan fingerprint density at radius 2 is 1.70 bits per heavy atom. The molecule has 0 heterocycles. The Labute approximate surface area is 139 Å². The van der Waals surface area contributed by atoms with Crippen molar-refractivity contribution in [2.24, 2.45) is 0 Å². The van der Waals surface area contributed by atoms with E-state index in [1.807, 2.05) is 0 Å². The number of esters is 1. The van der Waals surface area contributed by atoms with Crippen molar-refractivity contribution >= 4 is 28.8 Å². The minimum Gasteiger partial charge on any atom is -0.461 e. The zero-order chi connectivity index (χ0) is 18.1. The fourth-order valence-corrected chi connectivity index (χ4v) is 8.68. The maximum absolute atomic E-state index is 11.8. The lowest BCUT2D eigenvalue weighted by Crippen LogP contribution is -2.50. The number of carbonyl (C=O) groups excluding carboxylic acids is 2. The van der Waals surface area contributed by atoms with Gasteiger partial charge in [-0.05, 0) is 0 Å². The zero-order valence-electron chi connectivity index (χ0n) is 14.5. The van der Waals surface area contributed by atoms with Gasteiger partial charge in [0.25, 0.3) is 0 Å². The van der Waals surface area contributed by atoms with Crippen LogP contribution in [0.25, 0.3) is 0 Å². The lowest BCUT2D eigenvalue weighted by Gasteiger charge is -2.29. The Kier molecular flexibility index (Phi) is 9.24. The molecule has 0 saturated heterocycles. The predicted molar refractivity (Wildman–Crippen MR) is 90.0 cm³/mol. The Balaban J connectivity index is 4.60. The number of rotatable bonds is 11. The SMILES string of the molecule is C=CCOC(=O)CC(=C)C(=O)OO[Si](C[Si](C)(C)C)(OC)OC. The van der Waals surface area contributed by atoms with Crippen molar-refractivity contribution in [1.82, 2.24) is 0 Å². The van der Waals surface area contributed by atoms with Crippen molar-refractivity contribution in [2.45, 2.75) is 31.7 Å². The van der Waals surface area contributed by atoms with Gasteiger partial charge >= 0.3 is 20.7 Å². The van der Waals surface area contributed by atoms with Gasteiger partial charge in [-0.3, -0.25) is 9.68 Å². The number of carbonyl (C=O) groups is 2. The van der Waals surface area contributed by atoms with Crippen LogP contribution in [0.5, 0.6) is 0 Å². The smallest absolute Gasteiger partial charge is 0.461 e. The van der Waals surface area contributed by atoms with Crippen molar-refractivity contribution in [2.75, 3.05) is 20.8 Å². The average Bonchev–Trinajstić information content (AvgIpc) is 2.47. The Morgan fingerprint density at radius 1 is 1.13 bits per heavy atom. The van der Waals surface area contributed by atoms with Gasteiger partial charge in [0.05, 0.1) is 6.42 Å². The summed E-state index contributed by atoms with van der Waals surface area (Å²) in [6, 6.07) is 0. The highest BCUT2D eigenvalue weighted by atomic mass is 28.4. The van der Waals surface area contributed by atoms with Crippen LogP contribution in [0.2, 0.25) is 25.3 Å². The Morgan fingerprint density at radius 3 is 2.13 bits per heavy atom. The molecule has 0 bridgehead atoms. The summed E-state index contributed by atoms with van der Waals surface area (Å²) in [6.07, 6.45) is 1.13. The monoisotopic (exact) mass is 362 g/mol. The van der Waals surface area contributed by atoms with Gasteiger partial charge in [0.1, 0.15) is 6.61 Å². The molecule has 7 nitrogen and oxygen atoms in total. The average molecular weight is 363 g/mol. The van der Waals surface area contributed by atoms with Crippen LogP contribution in [-0.2, 0) is 32.6 Å². The topological polar surface area (TPSA) is 80.3 Å². The lowest BCUT2D eigenvalue weighted by molar-refractivity contribution is -0.234. The lowest BCUT2D eigenvalue weighted by atomic mass is 10.2. The standard InChI is InChI=1S/C14H26O7Si2/c1-8-9-19-13(15)10-12(2)14(16)20-21-23(17-3,18-4)11-22(5,6)7/h8H,1-2,9-11H2,3-7H3. The first-order valence-electron chi connectivity index (χ1n) is 7.03. The molecule has 9 heteroatoms. The molecule has 23 heavy (non-hydrogen) atoms. The van der Waals surface area contributed by atoms with Gasteiger partial charge in [-0.2, -0.15) is 4.58 Å². The Hall–Kier alpha value is -1.27. The highest BCUT2D eigenvalue weighted by Gasteiger charge is 2.46. The molecule has 0 aromatic rings. The van der Waals surface area contributed by atoms with E-state index < -0.39 is 28.8 Å². The normalized spacial score (nSPS) is 11.7. The van der Waals surface area contributed by atoms with Crippen LogP contribution < -0.4 is 0 Å². The maximum Gasteiger partial charge on any atom is 0.540 e. The zero-order valence-corrected chi connectivity index (χ0v) is 16.5. The molecule has 0 aliphatic heterocycles. The molecule has 0 atom stereocenters. The predicted octanol–water partition coefficient (Wildman–Crippen LogP) is 2.25. The number of hydrogen-bond acceptors (Lipinski definition) is 7. The molecule has 0 spiro atoms. The second-order valence-electron chi connectivity index (χ2n) is 6.03. The summed E-state index contributed by atoms with van der Waals surface area (Å²) >= 11 is 0. The molecule has 0 fully saturated rings. The third-order valence-corrected chi connectivity index (χ3v) is 10.2. The Bertz CT molecular complexity index is 439. The van der Waals surface area contributed by atoms with E-state index in [4.69, 9.17) is 23.1 Å². The number of hydrogen-bond donors (Lipinski definition) is 0. The van der Waals surface area contributed by atoms with Gasteiger partial charge in [0.2, 0.25) is 0 Å². The summed E-state index contributed by atoms with van der Waals surface area (Å²) in [7, 11) is -1.79. The van der Waals surface area contributed by atoms with E-state index in [-0.39, 0.29) is 18.6 Å². The highest BCUT2D eigenvalue weighted by molar-refractivity contribution is 6.88. The molecule has 0 saturated carbocycles. The van der Waals surface area contributed by atoms with Crippen molar-refractivity contribution in [3.8, 4) is 0 Å². The molecule has 0 aliphatic carbocycles. The summed E-state index contributed by atoms with van der Waals surface area (Å²) in [5.41, 5.74) is 0.496. The van der Waals surface area contributed by atoms with Gasteiger partial charge in [0.15, 0.2) is 0 Å². The van der Waals surface area contributed by atoms with Crippen molar-refractivity contribution in [1.29, 1.82) is 0 Å². The second kappa shape index (κ2) is 9.78. The largest absolute Gasteiger partial charge is 0.540 e. The highest BCUT2D eigenvalue weighted by Crippen LogP contribution is 2.22. The van der Waals surface area contributed by atoms with E-state index in [1.54, 1.807) is 0 Å². The van der Waals surface area contributed by atoms with Crippen LogP contribution in [0.3, 0.4) is 0 Å². The van der Waals surface area contributed by atoms with E-state index in [2.05, 4.69) is 32.8 Å². The van der Waals surface area contributed by atoms with Crippen LogP contribution in [0.1, 0.15) is 6.42 Å². The van der Waals surface area contributed by atoms with Crippen molar-refractivity contribution in [3.05, 3.63) is 24.8 Å². The molecule has 132 valence electrons. The fourth-order valence-electron chi connectivity index (χ4n) is 1.58. The van der Waals surface area contributed by atoms with Gasteiger partial charge in [-0.15, -0.1) is 0 Å². The molecule has 0 aromatic carbocycles. The third-order valence-electron chi connectivity index (χ3n) is 2.62. The van der Waals surface area contributed by atoms with E-state index in [0.29, 0.717) is 5.67 Å². The summed E-state index contributed by atoms with van der Waals surface area (Å²) in [5, 5.41) is 0. The first kappa shape index (κ1) is 21.7. The van der Waals surface area contributed by atoms with Crippen LogP contribution in [-0.4, -0.2) is 49.6 Å². The quantitative estimate of drug-likeness (QED) is 0.139. The molecule has 0 unspecified atom stereocenters. The van der Waals surface area contributed by atoms with Crippen LogP contribution >= 0.6 is 0 Å². The van der Waals surface area contributed by atoms with Crippen molar-refractivity contribution in [3.63, 3.8) is 0 Å². The fraction of sp³-hybridized carbons (Fsp3) is 0.571. The van der Waals surface area contributed by atoms with E-state index in [9.17, 15) is 9.59 Å². The summed E-state index contributed by atoms with van der Waals surface area (Å²) in [4.78, 5) is 28.0.